The van der Waals surface area contributed by atoms with E-state index in [2.05, 4.69) is 41.5 Å². The Morgan fingerprint density at radius 1 is 0.833 bits per heavy atom. The molecule has 0 saturated heterocycles. The molecule has 1 nitrogen and oxygen atoms in total. The highest BCUT2D eigenvalue weighted by atomic mass is 16.3. The van der Waals surface area contributed by atoms with Crippen LogP contribution in [0.1, 0.15) is 119 Å². The molecule has 0 aromatic rings. The van der Waals surface area contributed by atoms with E-state index in [-0.39, 0.29) is 6.10 Å². The highest BCUT2D eigenvalue weighted by Gasteiger charge is 2.60. The molecule has 0 heterocycles. The first-order valence-electron chi connectivity index (χ1n) is 13.9. The van der Waals surface area contributed by atoms with Crippen molar-refractivity contribution in [2.75, 3.05) is 0 Å². The van der Waals surface area contributed by atoms with E-state index >= 15 is 0 Å². The lowest BCUT2D eigenvalue weighted by atomic mass is 9.44. The summed E-state index contributed by atoms with van der Waals surface area (Å²) < 4.78 is 0. The Labute approximate surface area is 188 Å². The summed E-state index contributed by atoms with van der Waals surface area (Å²) >= 11 is 0. The van der Waals surface area contributed by atoms with Crippen LogP contribution in [0.4, 0.5) is 0 Å². The van der Waals surface area contributed by atoms with Crippen molar-refractivity contribution in [1.29, 1.82) is 0 Å². The monoisotopic (exact) mass is 416 g/mol. The molecule has 0 aromatic carbocycles. The Hall–Kier alpha value is -0.0400. The highest BCUT2D eigenvalue weighted by molar-refractivity contribution is 5.09. The van der Waals surface area contributed by atoms with Crippen molar-refractivity contribution < 1.29 is 5.11 Å². The molecule has 0 radical (unpaired) electrons. The predicted octanol–water partition coefficient (Wildman–Crippen LogP) is 8.10. The topological polar surface area (TPSA) is 20.2 Å². The van der Waals surface area contributed by atoms with Crippen LogP contribution >= 0.6 is 0 Å². The number of rotatable bonds is 6. The third-order valence-electron chi connectivity index (χ3n) is 11.9. The maximum atomic E-state index is 10.3. The fourth-order valence-electron chi connectivity index (χ4n) is 9.90. The van der Waals surface area contributed by atoms with Crippen LogP contribution in [0.5, 0.6) is 0 Å². The molecule has 1 unspecified atom stereocenters. The minimum Gasteiger partial charge on any atom is -0.393 e. The highest BCUT2D eigenvalue weighted by Crippen LogP contribution is 2.68. The van der Waals surface area contributed by atoms with Gasteiger partial charge in [0.05, 0.1) is 6.10 Å². The van der Waals surface area contributed by atoms with Crippen molar-refractivity contribution in [1.82, 2.24) is 0 Å². The molecule has 30 heavy (non-hydrogen) atoms. The first-order chi connectivity index (χ1) is 14.2. The zero-order chi connectivity index (χ0) is 21.7. The number of fused-ring (bicyclic) bond motifs is 5. The fourth-order valence-corrected chi connectivity index (χ4v) is 9.90. The quantitative estimate of drug-likeness (QED) is 0.463. The Bertz CT molecular complexity index is 583. The van der Waals surface area contributed by atoms with Gasteiger partial charge in [-0.1, -0.05) is 54.4 Å². The van der Waals surface area contributed by atoms with Gasteiger partial charge in [-0.15, -0.1) is 0 Å². The van der Waals surface area contributed by atoms with Crippen molar-refractivity contribution in [2.24, 2.45) is 58.2 Å². The predicted molar refractivity (Wildman–Crippen MR) is 128 cm³/mol. The zero-order valence-corrected chi connectivity index (χ0v) is 21.1. The van der Waals surface area contributed by atoms with Crippen LogP contribution in [0.2, 0.25) is 0 Å². The summed E-state index contributed by atoms with van der Waals surface area (Å²) in [5.74, 6) is 7.34. The molecule has 0 aliphatic heterocycles. The molecule has 4 fully saturated rings. The second kappa shape index (κ2) is 8.72. The van der Waals surface area contributed by atoms with E-state index < -0.39 is 0 Å². The summed E-state index contributed by atoms with van der Waals surface area (Å²) in [6.07, 6.45) is 16.5. The van der Waals surface area contributed by atoms with Crippen LogP contribution in [0.3, 0.4) is 0 Å². The lowest BCUT2D eigenvalue weighted by Gasteiger charge is -2.61. The molecule has 0 aromatic heterocycles. The second-order valence-corrected chi connectivity index (χ2v) is 13.3. The van der Waals surface area contributed by atoms with Crippen LogP contribution in [-0.2, 0) is 0 Å². The van der Waals surface area contributed by atoms with Gasteiger partial charge in [0.15, 0.2) is 0 Å². The Morgan fingerprint density at radius 2 is 1.53 bits per heavy atom. The average molecular weight is 417 g/mol. The summed E-state index contributed by atoms with van der Waals surface area (Å²) in [5.41, 5.74) is 1.14. The SMILES string of the molecule is CCC(CC[C@@H](C)[C@H]1CC[C@H]2[C@@H]3CC[C@H]4C[C@@H](O)CC[C@]4(C)[C@H]3CC[C@]12C)C(C)C. The van der Waals surface area contributed by atoms with E-state index in [4.69, 9.17) is 0 Å². The van der Waals surface area contributed by atoms with Gasteiger partial charge in [-0.25, -0.2) is 0 Å². The summed E-state index contributed by atoms with van der Waals surface area (Å²) in [5, 5.41) is 10.3. The summed E-state index contributed by atoms with van der Waals surface area (Å²) in [7, 11) is 0. The van der Waals surface area contributed by atoms with Gasteiger partial charge in [-0.3, -0.25) is 0 Å². The van der Waals surface area contributed by atoms with Crippen LogP contribution in [-0.4, -0.2) is 11.2 Å². The number of hydrogen-bond acceptors (Lipinski definition) is 1. The molecule has 4 saturated carbocycles. The van der Waals surface area contributed by atoms with Crippen LogP contribution in [0.25, 0.3) is 0 Å². The zero-order valence-electron chi connectivity index (χ0n) is 21.1. The first kappa shape index (κ1) is 23.1. The Morgan fingerprint density at radius 3 is 2.23 bits per heavy atom. The second-order valence-electron chi connectivity index (χ2n) is 13.3. The van der Waals surface area contributed by atoms with Gasteiger partial charge in [0, 0.05) is 0 Å². The minimum absolute atomic E-state index is 0.0111. The number of aliphatic hydroxyl groups is 1. The van der Waals surface area contributed by atoms with E-state index in [9.17, 15) is 5.11 Å². The van der Waals surface area contributed by atoms with Crippen molar-refractivity contribution in [3.8, 4) is 0 Å². The van der Waals surface area contributed by atoms with E-state index in [0.29, 0.717) is 10.8 Å². The molecular formula is C29H52O. The lowest BCUT2D eigenvalue weighted by Crippen LogP contribution is -2.54. The molecule has 4 aliphatic carbocycles. The van der Waals surface area contributed by atoms with Crippen LogP contribution < -0.4 is 0 Å². The van der Waals surface area contributed by atoms with Crippen molar-refractivity contribution in [3.63, 3.8) is 0 Å². The molecular weight excluding hydrogens is 364 g/mol. The Kier molecular flexibility index (Phi) is 6.72. The largest absolute Gasteiger partial charge is 0.393 e. The standard InChI is InChI=1S/C29H52O/c1-7-21(19(2)3)9-8-20(4)25-12-13-26-24-11-10-22-18-23(30)14-16-28(22,5)27(24)15-17-29(25,26)6/h19-27,30H,7-18H2,1-6H3/t20-,21?,22+,23+,24+,25-,26+,27+,28+,29-/m1/s1. The molecule has 0 amide bonds. The molecule has 1 heteroatoms. The van der Waals surface area contributed by atoms with Crippen molar-refractivity contribution in [2.45, 2.75) is 125 Å². The van der Waals surface area contributed by atoms with Gasteiger partial charge in [-0.2, -0.15) is 0 Å². The maximum absolute atomic E-state index is 10.3. The van der Waals surface area contributed by atoms with Gasteiger partial charge in [-0.05, 0) is 122 Å². The maximum Gasteiger partial charge on any atom is 0.0543 e. The van der Waals surface area contributed by atoms with Gasteiger partial charge < -0.3 is 5.11 Å². The van der Waals surface area contributed by atoms with Crippen molar-refractivity contribution in [3.05, 3.63) is 0 Å². The van der Waals surface area contributed by atoms with Gasteiger partial charge >= 0.3 is 0 Å². The minimum atomic E-state index is -0.0111. The van der Waals surface area contributed by atoms with Gasteiger partial charge in [0.25, 0.3) is 0 Å². The molecule has 10 atom stereocenters. The third-order valence-corrected chi connectivity index (χ3v) is 11.9. The molecule has 1 N–H and O–H groups in total. The summed E-state index contributed by atoms with van der Waals surface area (Å²) in [6, 6.07) is 0. The van der Waals surface area contributed by atoms with Gasteiger partial charge in [0.1, 0.15) is 0 Å². The van der Waals surface area contributed by atoms with E-state index in [1.165, 1.54) is 64.2 Å². The van der Waals surface area contributed by atoms with Crippen molar-refractivity contribution >= 4 is 0 Å². The average Bonchev–Trinajstić information content (AvgIpc) is 3.06. The first-order valence-corrected chi connectivity index (χ1v) is 13.9. The summed E-state index contributed by atoms with van der Waals surface area (Å²) in [6.45, 7) is 15.2. The van der Waals surface area contributed by atoms with E-state index in [1.807, 2.05) is 0 Å². The summed E-state index contributed by atoms with van der Waals surface area (Å²) in [4.78, 5) is 0. The molecule has 0 bridgehead atoms. The normalized spacial score (nSPS) is 48.0. The van der Waals surface area contributed by atoms with Crippen LogP contribution in [0.15, 0.2) is 0 Å². The fraction of sp³-hybridized carbons (Fsp3) is 1.00. The number of hydrogen-bond donors (Lipinski definition) is 1. The van der Waals surface area contributed by atoms with E-state index in [1.54, 1.807) is 0 Å². The lowest BCUT2D eigenvalue weighted by molar-refractivity contribution is -0.129. The van der Waals surface area contributed by atoms with Crippen LogP contribution in [0, 0.1) is 58.2 Å². The van der Waals surface area contributed by atoms with E-state index in [0.717, 1.165) is 60.2 Å². The smallest absolute Gasteiger partial charge is 0.0543 e. The Balaban J connectivity index is 1.45. The molecule has 174 valence electrons. The molecule has 4 rings (SSSR count). The molecule has 4 aliphatic rings. The molecule has 0 spiro atoms. The van der Waals surface area contributed by atoms with Gasteiger partial charge in [0.2, 0.25) is 0 Å². The third kappa shape index (κ3) is 3.82. The number of aliphatic hydroxyl groups excluding tert-OH is 1.